The van der Waals surface area contributed by atoms with Gasteiger partial charge in [0.05, 0.1) is 22.0 Å². The number of nitrogen functional groups attached to an aromatic ring is 1. The van der Waals surface area contributed by atoms with Gasteiger partial charge in [-0.25, -0.2) is 14.6 Å². The summed E-state index contributed by atoms with van der Waals surface area (Å²) < 4.78 is 41.1. The van der Waals surface area contributed by atoms with E-state index < -0.39 is 17.5 Å². The number of aryl methyl sites for hydroxylation is 1. The summed E-state index contributed by atoms with van der Waals surface area (Å²) in [4.78, 5) is 35.3. The van der Waals surface area contributed by atoms with Crippen molar-refractivity contribution in [1.29, 1.82) is 0 Å². The number of carbonyl (C=O) groups is 2. The van der Waals surface area contributed by atoms with Crippen LogP contribution in [-0.4, -0.2) is 49.4 Å². The zero-order chi connectivity index (χ0) is 29.3. The smallest absolute Gasteiger partial charge is 0.383 e. The van der Waals surface area contributed by atoms with Crippen LogP contribution in [0.5, 0.6) is 0 Å². The van der Waals surface area contributed by atoms with Crippen LogP contribution in [-0.2, 0) is 17.4 Å². The van der Waals surface area contributed by atoms with Crippen LogP contribution in [0.15, 0.2) is 61.4 Å². The van der Waals surface area contributed by atoms with Gasteiger partial charge in [-0.05, 0) is 49.1 Å². The molecule has 1 atom stereocenters. The lowest BCUT2D eigenvalue weighted by atomic mass is 9.99. The van der Waals surface area contributed by atoms with Gasteiger partial charge in [-0.3, -0.25) is 9.59 Å². The number of ketones is 1. The van der Waals surface area contributed by atoms with Crippen molar-refractivity contribution in [2.75, 3.05) is 18.8 Å². The summed E-state index contributed by atoms with van der Waals surface area (Å²) >= 11 is 6.02. The Balaban J connectivity index is 1.37. The maximum Gasteiger partial charge on any atom is 0.416 e. The maximum absolute atomic E-state index is 13.1. The SMILES string of the molecule is C=CC(=O)N1CCCC(n2nc(-c3ccc(CCC(=O)c4cc(C(F)(F)F)ccc4Cl)cc3)c3c(N)ncnc32)C1. The van der Waals surface area contributed by atoms with Crippen LogP contribution >= 0.6 is 11.6 Å². The van der Waals surface area contributed by atoms with Crippen molar-refractivity contribution < 1.29 is 22.8 Å². The second kappa shape index (κ2) is 11.3. The Bertz CT molecular complexity index is 1630. The van der Waals surface area contributed by atoms with Gasteiger partial charge in [0.25, 0.3) is 0 Å². The van der Waals surface area contributed by atoms with Crippen LogP contribution in [0.25, 0.3) is 22.3 Å². The van der Waals surface area contributed by atoms with Crippen LogP contribution in [0.1, 0.15) is 46.8 Å². The summed E-state index contributed by atoms with van der Waals surface area (Å²) in [5.41, 5.74) is 7.89. The molecule has 4 aromatic rings. The van der Waals surface area contributed by atoms with E-state index in [9.17, 15) is 22.8 Å². The second-order valence-electron chi connectivity index (χ2n) is 9.85. The minimum atomic E-state index is -4.57. The van der Waals surface area contributed by atoms with E-state index in [1.165, 1.54) is 12.4 Å². The average Bonchev–Trinajstić information content (AvgIpc) is 3.36. The number of aromatic nitrogens is 4. The second-order valence-corrected chi connectivity index (χ2v) is 10.3. The zero-order valence-corrected chi connectivity index (χ0v) is 22.6. The molecule has 1 saturated heterocycles. The molecule has 3 heterocycles. The Kier molecular flexibility index (Phi) is 7.81. The number of carbonyl (C=O) groups excluding carboxylic acids is 2. The minimum absolute atomic E-state index is 0.0136. The van der Waals surface area contributed by atoms with Gasteiger partial charge >= 0.3 is 6.18 Å². The molecule has 2 aromatic carbocycles. The standard InChI is InChI=1S/C29H26ClF3N6O2/c1-2-24(41)38-13-3-4-20(15-38)39-28-25(27(34)35-16-36-28)26(37-39)18-8-5-17(6-9-18)7-12-23(40)21-14-19(29(31,32)33)10-11-22(21)30/h2,5-6,8-11,14,16,20H,1,3-4,7,12-13,15H2,(H2,34,35,36). The fourth-order valence-electron chi connectivity index (χ4n) is 5.07. The normalized spacial score (nSPS) is 15.7. The van der Waals surface area contributed by atoms with Gasteiger partial charge in [0.1, 0.15) is 17.8 Å². The molecule has 41 heavy (non-hydrogen) atoms. The van der Waals surface area contributed by atoms with Crippen molar-refractivity contribution >= 4 is 40.1 Å². The van der Waals surface area contributed by atoms with Crippen LogP contribution in [0.4, 0.5) is 19.0 Å². The number of likely N-dealkylation sites (tertiary alicyclic amines) is 1. The number of piperidine rings is 1. The van der Waals surface area contributed by atoms with Crippen molar-refractivity contribution in [2.24, 2.45) is 0 Å². The van der Waals surface area contributed by atoms with Gasteiger partial charge in [-0.15, -0.1) is 0 Å². The molecule has 1 aliphatic rings. The van der Waals surface area contributed by atoms with Crippen molar-refractivity contribution in [3.63, 3.8) is 0 Å². The predicted octanol–water partition coefficient (Wildman–Crippen LogP) is 5.91. The Morgan fingerprint density at radius 3 is 2.61 bits per heavy atom. The highest BCUT2D eigenvalue weighted by molar-refractivity contribution is 6.34. The van der Waals surface area contributed by atoms with Crippen LogP contribution in [0.2, 0.25) is 5.02 Å². The number of benzene rings is 2. The molecule has 8 nitrogen and oxygen atoms in total. The van der Waals surface area contributed by atoms with E-state index in [4.69, 9.17) is 22.4 Å². The molecule has 212 valence electrons. The Morgan fingerprint density at radius 1 is 1.15 bits per heavy atom. The third kappa shape index (κ3) is 5.81. The number of alkyl halides is 3. The molecule has 5 rings (SSSR count). The summed E-state index contributed by atoms with van der Waals surface area (Å²) in [6.45, 7) is 4.70. The molecule has 1 fully saturated rings. The third-order valence-electron chi connectivity index (χ3n) is 7.21. The van der Waals surface area contributed by atoms with Gasteiger partial charge in [0.15, 0.2) is 11.4 Å². The summed E-state index contributed by atoms with van der Waals surface area (Å²) in [6, 6.07) is 9.96. The highest BCUT2D eigenvalue weighted by Gasteiger charge is 2.32. The van der Waals surface area contributed by atoms with E-state index in [-0.39, 0.29) is 34.8 Å². The molecule has 0 radical (unpaired) electrons. The number of anilines is 1. The highest BCUT2D eigenvalue weighted by atomic mass is 35.5. The lowest BCUT2D eigenvalue weighted by molar-refractivity contribution is -0.137. The van der Waals surface area contributed by atoms with E-state index in [2.05, 4.69) is 16.5 Å². The Morgan fingerprint density at radius 2 is 1.90 bits per heavy atom. The van der Waals surface area contributed by atoms with Gasteiger partial charge in [0.2, 0.25) is 5.91 Å². The lowest BCUT2D eigenvalue weighted by Crippen LogP contribution is -2.40. The third-order valence-corrected chi connectivity index (χ3v) is 7.54. The van der Waals surface area contributed by atoms with Gasteiger partial charge in [-0.1, -0.05) is 42.4 Å². The Labute approximate surface area is 238 Å². The van der Waals surface area contributed by atoms with Crippen LogP contribution < -0.4 is 5.73 Å². The summed E-state index contributed by atoms with van der Waals surface area (Å²) in [7, 11) is 0. The van der Waals surface area contributed by atoms with Crippen molar-refractivity contribution in [2.45, 2.75) is 37.9 Å². The number of halogens is 4. The Hall–Kier alpha value is -4.25. The molecule has 2 N–H and O–H groups in total. The van der Waals surface area contributed by atoms with Gasteiger partial charge < -0.3 is 10.6 Å². The van der Waals surface area contributed by atoms with E-state index in [0.29, 0.717) is 36.2 Å². The van der Waals surface area contributed by atoms with Crippen LogP contribution in [0.3, 0.4) is 0 Å². The number of fused-ring (bicyclic) bond motifs is 1. The number of Topliss-reactive ketones (excluding diaryl/α,β-unsaturated/α-hetero) is 1. The zero-order valence-electron chi connectivity index (χ0n) is 21.9. The fraction of sp³-hybridized carbons (Fsp3) is 0.276. The molecular weight excluding hydrogens is 557 g/mol. The predicted molar refractivity (Wildman–Crippen MR) is 149 cm³/mol. The first kappa shape index (κ1) is 28.3. The monoisotopic (exact) mass is 582 g/mol. The molecule has 12 heteroatoms. The number of rotatable bonds is 7. The molecule has 2 aromatic heterocycles. The fourth-order valence-corrected chi connectivity index (χ4v) is 5.30. The maximum atomic E-state index is 13.1. The molecular formula is C29H26ClF3N6O2. The van der Waals surface area contributed by atoms with Crippen molar-refractivity contribution in [3.8, 4) is 11.3 Å². The molecule has 1 unspecified atom stereocenters. The molecule has 1 aliphatic heterocycles. The highest BCUT2D eigenvalue weighted by Crippen LogP contribution is 2.35. The van der Waals surface area contributed by atoms with E-state index in [1.54, 1.807) is 9.58 Å². The van der Waals surface area contributed by atoms with Gasteiger partial charge in [0, 0.05) is 30.6 Å². The summed E-state index contributed by atoms with van der Waals surface area (Å²) in [6.07, 6.45) is 0.0249. The van der Waals surface area contributed by atoms with Gasteiger partial charge in [-0.2, -0.15) is 18.3 Å². The summed E-state index contributed by atoms with van der Waals surface area (Å²) in [5, 5.41) is 5.44. The van der Waals surface area contributed by atoms with Crippen molar-refractivity contribution in [1.82, 2.24) is 24.6 Å². The number of hydrogen-bond acceptors (Lipinski definition) is 6. The minimum Gasteiger partial charge on any atom is -0.383 e. The molecule has 0 aliphatic carbocycles. The average molecular weight is 583 g/mol. The number of amides is 1. The topological polar surface area (TPSA) is 107 Å². The molecule has 0 spiro atoms. The van der Waals surface area contributed by atoms with E-state index in [0.717, 1.165) is 42.2 Å². The van der Waals surface area contributed by atoms with E-state index in [1.807, 2.05) is 24.3 Å². The summed E-state index contributed by atoms with van der Waals surface area (Å²) in [5.74, 6) is -0.333. The lowest BCUT2D eigenvalue weighted by Gasteiger charge is -2.32. The first-order chi connectivity index (χ1) is 19.6. The molecule has 0 bridgehead atoms. The molecule has 1 amide bonds. The molecule has 0 saturated carbocycles. The van der Waals surface area contributed by atoms with Crippen LogP contribution in [0, 0.1) is 0 Å². The largest absolute Gasteiger partial charge is 0.416 e. The number of nitrogens with two attached hydrogens (primary N) is 1. The number of nitrogens with zero attached hydrogens (tertiary/aromatic N) is 5. The first-order valence-corrected chi connectivity index (χ1v) is 13.3. The first-order valence-electron chi connectivity index (χ1n) is 13.0. The number of hydrogen-bond donors (Lipinski definition) is 1. The van der Waals surface area contributed by atoms with E-state index >= 15 is 0 Å². The quantitative estimate of drug-likeness (QED) is 0.214. The van der Waals surface area contributed by atoms with Crippen molar-refractivity contribution in [3.05, 3.63) is 83.2 Å².